The van der Waals surface area contributed by atoms with E-state index < -0.39 is 6.16 Å². The van der Waals surface area contributed by atoms with Crippen molar-refractivity contribution in [3.05, 3.63) is 29.3 Å². The van der Waals surface area contributed by atoms with Crippen LogP contribution < -0.4 is 5.32 Å². The molecule has 0 saturated carbocycles. The van der Waals surface area contributed by atoms with Crippen LogP contribution in [0.5, 0.6) is 0 Å². The average molecular weight is 350 g/mol. The van der Waals surface area contributed by atoms with Gasteiger partial charge in [-0.25, -0.2) is 4.79 Å². The largest absolute Gasteiger partial charge is 0.503 e. The van der Waals surface area contributed by atoms with Crippen LogP contribution in [-0.4, -0.2) is 46.3 Å². The summed E-state index contributed by atoms with van der Waals surface area (Å²) in [4.78, 5) is 23.6. The highest BCUT2D eigenvalue weighted by atomic mass is 16.6. The van der Waals surface area contributed by atoms with Crippen molar-refractivity contribution in [3.8, 4) is 0 Å². The van der Waals surface area contributed by atoms with Crippen molar-refractivity contribution < 1.29 is 19.8 Å². The first-order valence-corrected chi connectivity index (χ1v) is 8.89. The van der Waals surface area contributed by atoms with Gasteiger partial charge in [-0.3, -0.25) is 9.69 Å². The number of para-hydroxylation sites is 1. The van der Waals surface area contributed by atoms with E-state index in [1.807, 2.05) is 6.07 Å². The quantitative estimate of drug-likeness (QED) is 0.743. The average Bonchev–Trinajstić information content (AvgIpc) is 2.56. The summed E-state index contributed by atoms with van der Waals surface area (Å²) < 4.78 is 0. The fourth-order valence-electron chi connectivity index (χ4n) is 3.13. The number of piperidine rings is 1. The Hall–Kier alpha value is -2.08. The van der Waals surface area contributed by atoms with Crippen LogP contribution in [0.25, 0.3) is 0 Å². The number of nitrogens with zero attached hydrogens (tertiary/aromatic N) is 1. The molecule has 1 heterocycles. The van der Waals surface area contributed by atoms with Gasteiger partial charge in [0.25, 0.3) is 0 Å². The predicted molar refractivity (Wildman–Crippen MR) is 99.3 cm³/mol. The summed E-state index contributed by atoms with van der Waals surface area (Å²) in [6, 6.07) is 6.19. The standard InChI is InChI=1S/C18H28N2O.CH2O3/c1-4-5-12-20-13-7-6-11-16(20)18(21)19-17-14(2)9-8-10-15(17)3;2-1(3)4/h8-10,16H,4-7,11-13H2,1-3H3,(H,19,21);(H2,2,3,4). The summed E-state index contributed by atoms with van der Waals surface area (Å²) in [5, 5.41) is 17.1. The van der Waals surface area contributed by atoms with Gasteiger partial charge in [-0.2, -0.15) is 0 Å². The van der Waals surface area contributed by atoms with Gasteiger partial charge in [-0.1, -0.05) is 38.0 Å². The highest BCUT2D eigenvalue weighted by Gasteiger charge is 2.28. The molecule has 1 aromatic carbocycles. The van der Waals surface area contributed by atoms with Crippen LogP contribution in [-0.2, 0) is 4.79 Å². The highest BCUT2D eigenvalue weighted by molar-refractivity contribution is 5.96. The SMILES string of the molecule is CCCCN1CCCCC1C(=O)Nc1c(C)cccc1C.O=C(O)O. The van der Waals surface area contributed by atoms with Crippen LogP contribution in [0, 0.1) is 13.8 Å². The van der Waals surface area contributed by atoms with Gasteiger partial charge in [0.1, 0.15) is 0 Å². The summed E-state index contributed by atoms with van der Waals surface area (Å²) in [7, 11) is 0. The van der Waals surface area contributed by atoms with Crippen LogP contribution >= 0.6 is 0 Å². The monoisotopic (exact) mass is 350 g/mol. The van der Waals surface area contributed by atoms with Crippen molar-refractivity contribution in [2.24, 2.45) is 0 Å². The first-order valence-electron chi connectivity index (χ1n) is 8.89. The van der Waals surface area contributed by atoms with Gasteiger partial charge in [0.05, 0.1) is 6.04 Å². The van der Waals surface area contributed by atoms with Crippen molar-refractivity contribution in [3.63, 3.8) is 0 Å². The Morgan fingerprint density at radius 2 is 1.80 bits per heavy atom. The van der Waals surface area contributed by atoms with Crippen LogP contribution in [0.15, 0.2) is 18.2 Å². The number of hydrogen-bond donors (Lipinski definition) is 3. The van der Waals surface area contributed by atoms with Gasteiger partial charge in [0.2, 0.25) is 5.91 Å². The van der Waals surface area contributed by atoms with Crippen molar-refractivity contribution >= 4 is 17.7 Å². The number of carbonyl (C=O) groups excluding carboxylic acids is 1. The van der Waals surface area contributed by atoms with E-state index in [9.17, 15) is 4.79 Å². The lowest BCUT2D eigenvalue weighted by molar-refractivity contribution is -0.122. The van der Waals surface area contributed by atoms with Gasteiger partial charge < -0.3 is 15.5 Å². The number of likely N-dealkylation sites (tertiary alicyclic amines) is 1. The van der Waals surface area contributed by atoms with Gasteiger partial charge in [0.15, 0.2) is 0 Å². The molecule has 0 aromatic heterocycles. The molecule has 6 heteroatoms. The first-order chi connectivity index (χ1) is 11.9. The molecule has 1 atom stereocenters. The number of benzene rings is 1. The van der Waals surface area contributed by atoms with E-state index in [0.717, 1.165) is 42.7 Å². The van der Waals surface area contributed by atoms with E-state index in [1.54, 1.807) is 0 Å². The predicted octanol–water partition coefficient (Wildman–Crippen LogP) is 4.12. The van der Waals surface area contributed by atoms with Gasteiger partial charge in [0, 0.05) is 5.69 Å². The van der Waals surface area contributed by atoms with E-state index >= 15 is 0 Å². The number of rotatable bonds is 5. The minimum Gasteiger partial charge on any atom is -0.450 e. The fraction of sp³-hybridized carbons (Fsp3) is 0.579. The second kappa shape index (κ2) is 10.7. The second-order valence-electron chi connectivity index (χ2n) is 6.44. The number of aryl methyl sites for hydroxylation is 2. The zero-order chi connectivity index (χ0) is 18.8. The van der Waals surface area contributed by atoms with Crippen molar-refractivity contribution in [1.29, 1.82) is 0 Å². The third-order valence-electron chi connectivity index (χ3n) is 4.44. The number of unbranched alkanes of at least 4 members (excludes halogenated alkanes) is 1. The van der Waals surface area contributed by atoms with E-state index in [-0.39, 0.29) is 11.9 Å². The third-order valence-corrected chi connectivity index (χ3v) is 4.44. The third kappa shape index (κ3) is 7.13. The molecule has 1 fully saturated rings. The molecular formula is C19H30N2O4. The molecule has 0 bridgehead atoms. The molecule has 2 rings (SSSR count). The number of carbonyl (C=O) groups is 2. The van der Waals surface area contributed by atoms with Crippen molar-refractivity contribution in [1.82, 2.24) is 4.90 Å². The highest BCUT2D eigenvalue weighted by Crippen LogP contribution is 2.23. The first kappa shape index (κ1) is 21.0. The number of hydrogen-bond acceptors (Lipinski definition) is 3. The summed E-state index contributed by atoms with van der Waals surface area (Å²) in [6.45, 7) is 8.42. The Kier molecular flexibility index (Phi) is 8.99. The molecule has 25 heavy (non-hydrogen) atoms. The Bertz CT molecular complexity index is 550. The Labute approximate surface area is 149 Å². The molecular weight excluding hydrogens is 320 g/mol. The van der Waals surface area contributed by atoms with E-state index in [1.165, 1.54) is 19.3 Å². The van der Waals surface area contributed by atoms with Crippen molar-refractivity contribution in [2.75, 3.05) is 18.4 Å². The molecule has 6 nitrogen and oxygen atoms in total. The van der Waals surface area contributed by atoms with E-state index in [4.69, 9.17) is 15.0 Å². The summed E-state index contributed by atoms with van der Waals surface area (Å²) in [5.74, 6) is 0.170. The Morgan fingerprint density at radius 1 is 1.20 bits per heavy atom. The molecule has 1 aliphatic heterocycles. The van der Waals surface area contributed by atoms with Crippen LogP contribution in [0.3, 0.4) is 0 Å². The van der Waals surface area contributed by atoms with E-state index in [2.05, 4.69) is 43.1 Å². The lowest BCUT2D eigenvalue weighted by Crippen LogP contribution is -2.47. The van der Waals surface area contributed by atoms with Gasteiger partial charge in [-0.15, -0.1) is 0 Å². The Morgan fingerprint density at radius 3 is 2.36 bits per heavy atom. The summed E-state index contributed by atoms with van der Waals surface area (Å²) >= 11 is 0. The number of nitrogens with one attached hydrogen (secondary N) is 1. The second-order valence-corrected chi connectivity index (χ2v) is 6.44. The van der Waals surface area contributed by atoms with Gasteiger partial charge >= 0.3 is 6.16 Å². The normalized spacial score (nSPS) is 17.3. The maximum absolute atomic E-state index is 12.7. The molecule has 1 aromatic rings. The molecule has 1 aliphatic rings. The molecule has 0 radical (unpaired) electrons. The smallest absolute Gasteiger partial charge is 0.450 e. The molecule has 140 valence electrons. The van der Waals surface area contributed by atoms with Crippen LogP contribution in [0.1, 0.15) is 50.2 Å². The van der Waals surface area contributed by atoms with Gasteiger partial charge in [-0.05, 0) is 57.3 Å². The van der Waals surface area contributed by atoms with E-state index in [0.29, 0.717) is 0 Å². The number of amides is 1. The fourth-order valence-corrected chi connectivity index (χ4v) is 3.13. The minimum absolute atomic E-state index is 0.0457. The molecule has 1 amide bonds. The number of carboxylic acid groups (broad SMARTS) is 2. The lowest BCUT2D eigenvalue weighted by Gasteiger charge is -2.34. The summed E-state index contributed by atoms with van der Waals surface area (Å²) in [5.41, 5.74) is 3.27. The summed E-state index contributed by atoms with van der Waals surface area (Å²) in [6.07, 6.45) is 3.89. The topological polar surface area (TPSA) is 89.9 Å². The molecule has 1 unspecified atom stereocenters. The molecule has 3 N–H and O–H groups in total. The maximum atomic E-state index is 12.7. The number of anilines is 1. The zero-order valence-corrected chi connectivity index (χ0v) is 15.4. The van der Waals surface area contributed by atoms with Crippen LogP contribution in [0.4, 0.5) is 10.5 Å². The van der Waals surface area contributed by atoms with Crippen LogP contribution in [0.2, 0.25) is 0 Å². The molecule has 0 aliphatic carbocycles. The Balaban J connectivity index is 0.000000705. The minimum atomic E-state index is -1.83. The molecule has 0 spiro atoms. The maximum Gasteiger partial charge on any atom is 0.503 e. The molecule has 1 saturated heterocycles. The van der Waals surface area contributed by atoms with Crippen molar-refractivity contribution in [2.45, 2.75) is 58.9 Å². The lowest BCUT2D eigenvalue weighted by atomic mass is 10.00. The zero-order valence-electron chi connectivity index (χ0n) is 15.4.